The molecule has 0 saturated carbocycles. The second-order valence-corrected chi connectivity index (χ2v) is 5.14. The third-order valence-corrected chi connectivity index (χ3v) is 3.86. The zero-order valence-electron chi connectivity index (χ0n) is 9.46. The average molecular weight is 208 g/mol. The van der Waals surface area contributed by atoms with E-state index in [4.69, 9.17) is 4.74 Å². The van der Waals surface area contributed by atoms with E-state index in [1.807, 2.05) is 0 Å². The Kier molecular flexibility index (Phi) is 2.54. The molecular formula is C12H20N2O. The van der Waals surface area contributed by atoms with Crippen LogP contribution in [0.1, 0.15) is 19.8 Å². The van der Waals surface area contributed by atoms with Crippen LogP contribution >= 0.6 is 0 Å². The molecule has 15 heavy (non-hydrogen) atoms. The van der Waals surface area contributed by atoms with Crippen molar-refractivity contribution in [3.8, 4) is 0 Å². The van der Waals surface area contributed by atoms with Crippen LogP contribution in [0, 0.1) is 0 Å². The van der Waals surface area contributed by atoms with Gasteiger partial charge in [0.25, 0.3) is 0 Å². The fraction of sp³-hybridized carbons (Fsp3) is 0.833. The summed E-state index contributed by atoms with van der Waals surface area (Å²) in [6.45, 7) is 7.97. The molecule has 3 fully saturated rings. The maximum absolute atomic E-state index is 5.84. The van der Waals surface area contributed by atoms with Crippen LogP contribution in [0.25, 0.3) is 0 Å². The Hall–Kier alpha value is -0.380. The van der Waals surface area contributed by atoms with Gasteiger partial charge >= 0.3 is 0 Å². The highest BCUT2D eigenvalue weighted by atomic mass is 16.5. The zero-order valence-corrected chi connectivity index (χ0v) is 9.46. The highest BCUT2D eigenvalue weighted by Crippen LogP contribution is 2.26. The van der Waals surface area contributed by atoms with Crippen molar-refractivity contribution < 1.29 is 4.74 Å². The van der Waals surface area contributed by atoms with Crippen LogP contribution < -0.4 is 5.32 Å². The van der Waals surface area contributed by atoms with Gasteiger partial charge in [-0.25, -0.2) is 0 Å². The van der Waals surface area contributed by atoms with Gasteiger partial charge in [-0.2, -0.15) is 0 Å². The Morgan fingerprint density at radius 3 is 2.53 bits per heavy atom. The normalized spacial score (nSPS) is 35.4. The van der Waals surface area contributed by atoms with Crippen molar-refractivity contribution >= 4 is 0 Å². The number of fused-ring (bicyclic) bond motifs is 2. The fourth-order valence-electron chi connectivity index (χ4n) is 2.83. The first-order valence-electron chi connectivity index (χ1n) is 6.07. The summed E-state index contributed by atoms with van der Waals surface area (Å²) in [5.41, 5.74) is 3.20. The standard InChI is InChI=1S/C12H20N2O/c1-9(10-4-13-5-10)6-14-7-11-2-3-12(8-14)15-11/h11-13H,2-8H2,1H3. The van der Waals surface area contributed by atoms with E-state index in [2.05, 4.69) is 17.1 Å². The molecule has 0 aromatic heterocycles. The molecule has 3 rings (SSSR count). The molecule has 3 saturated heterocycles. The highest BCUT2D eigenvalue weighted by molar-refractivity contribution is 5.22. The number of hydrogen-bond donors (Lipinski definition) is 1. The molecule has 0 aromatic carbocycles. The first kappa shape index (κ1) is 9.82. The van der Waals surface area contributed by atoms with E-state index in [-0.39, 0.29) is 0 Å². The van der Waals surface area contributed by atoms with E-state index < -0.39 is 0 Å². The van der Waals surface area contributed by atoms with Crippen molar-refractivity contribution in [2.45, 2.75) is 32.0 Å². The molecule has 0 radical (unpaired) electrons. The van der Waals surface area contributed by atoms with E-state index in [0.717, 1.165) is 32.7 Å². The van der Waals surface area contributed by atoms with Crippen LogP contribution in [0.3, 0.4) is 0 Å². The Morgan fingerprint density at radius 1 is 1.33 bits per heavy atom. The van der Waals surface area contributed by atoms with Crippen LogP contribution in [-0.4, -0.2) is 49.8 Å². The molecule has 0 aromatic rings. The summed E-state index contributed by atoms with van der Waals surface area (Å²) >= 11 is 0. The molecule has 2 atom stereocenters. The number of likely N-dealkylation sites (tertiary alicyclic amines) is 1. The molecule has 3 nitrogen and oxygen atoms in total. The van der Waals surface area contributed by atoms with Crippen molar-refractivity contribution in [1.82, 2.24) is 10.2 Å². The molecule has 3 heteroatoms. The zero-order chi connectivity index (χ0) is 10.3. The minimum atomic E-state index is 0.529. The van der Waals surface area contributed by atoms with Gasteiger partial charge in [-0.05, 0) is 25.3 Å². The van der Waals surface area contributed by atoms with Gasteiger partial charge in [0.1, 0.15) is 0 Å². The Labute approximate surface area is 91.5 Å². The third-order valence-electron chi connectivity index (χ3n) is 3.86. The lowest BCUT2D eigenvalue weighted by atomic mass is 10.0. The summed E-state index contributed by atoms with van der Waals surface area (Å²) in [7, 11) is 0. The number of morpholine rings is 1. The molecule has 1 N–H and O–H groups in total. The van der Waals surface area contributed by atoms with Gasteiger partial charge < -0.3 is 10.1 Å². The van der Waals surface area contributed by atoms with Gasteiger partial charge in [0.2, 0.25) is 0 Å². The molecule has 3 aliphatic rings. The van der Waals surface area contributed by atoms with Crippen molar-refractivity contribution in [3.05, 3.63) is 11.1 Å². The third kappa shape index (κ3) is 1.96. The molecule has 3 heterocycles. The topological polar surface area (TPSA) is 24.5 Å². The van der Waals surface area contributed by atoms with Gasteiger partial charge in [-0.15, -0.1) is 0 Å². The summed E-state index contributed by atoms with van der Waals surface area (Å²) in [5.74, 6) is 0. The van der Waals surface area contributed by atoms with Gasteiger partial charge in [0.15, 0.2) is 0 Å². The minimum Gasteiger partial charge on any atom is -0.372 e. The van der Waals surface area contributed by atoms with Gasteiger partial charge in [0, 0.05) is 32.7 Å². The van der Waals surface area contributed by atoms with Crippen LogP contribution in [0.4, 0.5) is 0 Å². The van der Waals surface area contributed by atoms with Crippen LogP contribution in [0.2, 0.25) is 0 Å². The lowest BCUT2D eigenvalue weighted by Crippen LogP contribution is -2.44. The van der Waals surface area contributed by atoms with Crippen LogP contribution in [0.5, 0.6) is 0 Å². The SMILES string of the molecule is CC(CN1CC2CCC(C1)O2)=C1CNC1. The largest absolute Gasteiger partial charge is 0.372 e. The Balaban J connectivity index is 1.59. The smallest absolute Gasteiger partial charge is 0.0707 e. The first-order valence-corrected chi connectivity index (χ1v) is 6.07. The van der Waals surface area contributed by atoms with Gasteiger partial charge in [-0.3, -0.25) is 4.90 Å². The summed E-state index contributed by atoms with van der Waals surface area (Å²) in [6.07, 6.45) is 3.61. The lowest BCUT2D eigenvalue weighted by molar-refractivity contribution is -0.0352. The van der Waals surface area contributed by atoms with E-state index >= 15 is 0 Å². The molecule has 2 unspecified atom stereocenters. The van der Waals surface area contributed by atoms with Gasteiger partial charge in [-0.1, -0.05) is 5.57 Å². The Bertz CT molecular complexity index is 269. The monoisotopic (exact) mass is 208 g/mol. The Morgan fingerprint density at radius 2 is 2.00 bits per heavy atom. The molecule has 3 aliphatic heterocycles. The second-order valence-electron chi connectivity index (χ2n) is 5.14. The molecule has 0 aliphatic carbocycles. The van der Waals surface area contributed by atoms with Crippen molar-refractivity contribution in [2.24, 2.45) is 0 Å². The summed E-state index contributed by atoms with van der Waals surface area (Å²) in [5, 5.41) is 3.31. The predicted octanol–water partition coefficient (Wildman–Crippen LogP) is 0.769. The molecule has 0 amide bonds. The van der Waals surface area contributed by atoms with Crippen LogP contribution in [0.15, 0.2) is 11.1 Å². The minimum absolute atomic E-state index is 0.529. The summed E-state index contributed by atoms with van der Waals surface area (Å²) in [4.78, 5) is 2.58. The number of nitrogens with zero attached hydrogens (tertiary/aromatic N) is 1. The maximum Gasteiger partial charge on any atom is 0.0707 e. The van der Waals surface area contributed by atoms with Crippen LogP contribution in [-0.2, 0) is 4.74 Å². The summed E-state index contributed by atoms with van der Waals surface area (Å²) < 4.78 is 5.84. The fourth-order valence-corrected chi connectivity index (χ4v) is 2.83. The average Bonchev–Trinajstić information content (AvgIpc) is 2.42. The number of ether oxygens (including phenoxy) is 1. The lowest BCUT2D eigenvalue weighted by Gasteiger charge is -2.33. The van der Waals surface area contributed by atoms with E-state index in [9.17, 15) is 0 Å². The van der Waals surface area contributed by atoms with E-state index in [1.54, 1.807) is 11.1 Å². The molecule has 0 spiro atoms. The quantitative estimate of drug-likeness (QED) is 0.678. The first-order chi connectivity index (χ1) is 7.31. The van der Waals surface area contributed by atoms with E-state index in [0.29, 0.717) is 12.2 Å². The van der Waals surface area contributed by atoms with E-state index in [1.165, 1.54) is 12.8 Å². The second kappa shape index (κ2) is 3.89. The molecule has 2 bridgehead atoms. The van der Waals surface area contributed by atoms with Gasteiger partial charge in [0.05, 0.1) is 12.2 Å². The molecular weight excluding hydrogens is 188 g/mol. The van der Waals surface area contributed by atoms with Crippen molar-refractivity contribution in [2.75, 3.05) is 32.7 Å². The van der Waals surface area contributed by atoms with Crippen molar-refractivity contribution in [1.29, 1.82) is 0 Å². The maximum atomic E-state index is 5.84. The predicted molar refractivity (Wildman–Crippen MR) is 59.9 cm³/mol. The number of nitrogens with one attached hydrogen (secondary N) is 1. The summed E-state index contributed by atoms with van der Waals surface area (Å²) in [6, 6.07) is 0. The number of rotatable bonds is 2. The highest BCUT2D eigenvalue weighted by Gasteiger charge is 2.33. The van der Waals surface area contributed by atoms with Crippen molar-refractivity contribution in [3.63, 3.8) is 0 Å². The number of hydrogen-bond acceptors (Lipinski definition) is 3. The molecule has 84 valence electrons.